The van der Waals surface area contributed by atoms with Gasteiger partial charge in [0.2, 0.25) is 0 Å². The highest BCUT2D eigenvalue weighted by Gasteiger charge is 2.23. The van der Waals surface area contributed by atoms with Crippen LogP contribution in [0.5, 0.6) is 0 Å². The van der Waals surface area contributed by atoms with Gasteiger partial charge in [-0.1, -0.05) is 12.7 Å². The fourth-order valence-corrected chi connectivity index (χ4v) is 2.15. The molecule has 0 saturated carbocycles. The number of nitrogens with zero attached hydrogens (tertiary/aromatic N) is 1. The highest BCUT2D eigenvalue weighted by molar-refractivity contribution is 5.53. The Balaban J connectivity index is 3.06. The first-order valence-electron chi connectivity index (χ1n) is 5.81. The predicted molar refractivity (Wildman–Crippen MR) is 70.0 cm³/mol. The normalized spacial score (nSPS) is 11.4. The average molecular weight is 204 g/mol. The van der Waals surface area contributed by atoms with Crippen molar-refractivity contribution in [1.82, 2.24) is 4.48 Å². The minimum absolute atomic E-state index is 1.07. The van der Waals surface area contributed by atoms with E-state index in [-0.39, 0.29) is 0 Å². The third kappa shape index (κ3) is 2.29. The standard InChI is InChI=1S/C14H22N/c1-5-13-9-11-14(12-10-13)15(6-2,7-3)8-4/h5,9-12H,1,6-8H2,2-4H3/q+1. The Morgan fingerprint density at radius 2 is 1.47 bits per heavy atom. The van der Waals surface area contributed by atoms with Crippen molar-refractivity contribution >= 4 is 11.8 Å². The van der Waals surface area contributed by atoms with Crippen LogP contribution in [0.15, 0.2) is 30.8 Å². The van der Waals surface area contributed by atoms with Gasteiger partial charge >= 0.3 is 0 Å². The van der Waals surface area contributed by atoms with Crippen LogP contribution in [0.3, 0.4) is 0 Å². The van der Waals surface area contributed by atoms with Crippen LogP contribution in [0.1, 0.15) is 26.3 Å². The molecule has 1 aromatic rings. The van der Waals surface area contributed by atoms with E-state index >= 15 is 0 Å². The summed E-state index contributed by atoms with van der Waals surface area (Å²) < 4.78 is 1.07. The average Bonchev–Trinajstić information content (AvgIpc) is 2.33. The molecule has 82 valence electrons. The molecule has 0 bridgehead atoms. The predicted octanol–water partition coefficient (Wildman–Crippen LogP) is 3.70. The molecule has 1 aromatic carbocycles. The SMILES string of the molecule is C=Cc1ccc([N+](CC)(CC)CC)cc1. The molecular formula is C14H22N+. The van der Waals surface area contributed by atoms with Crippen LogP contribution in [0.2, 0.25) is 0 Å². The monoisotopic (exact) mass is 204 g/mol. The number of benzene rings is 1. The maximum atomic E-state index is 3.78. The Kier molecular flexibility index (Phi) is 4.10. The van der Waals surface area contributed by atoms with Crippen LogP contribution in [0.4, 0.5) is 5.69 Å². The van der Waals surface area contributed by atoms with Crippen molar-refractivity contribution in [2.75, 3.05) is 19.6 Å². The molecule has 1 nitrogen and oxygen atoms in total. The van der Waals surface area contributed by atoms with E-state index in [2.05, 4.69) is 51.6 Å². The van der Waals surface area contributed by atoms with Gasteiger partial charge in [0.1, 0.15) is 5.69 Å². The third-order valence-corrected chi connectivity index (χ3v) is 3.49. The molecule has 0 unspecified atom stereocenters. The summed E-state index contributed by atoms with van der Waals surface area (Å²) in [4.78, 5) is 0. The quantitative estimate of drug-likeness (QED) is 0.642. The second kappa shape index (κ2) is 5.13. The van der Waals surface area contributed by atoms with Crippen LogP contribution >= 0.6 is 0 Å². The van der Waals surface area contributed by atoms with Crippen molar-refractivity contribution < 1.29 is 0 Å². The zero-order valence-corrected chi connectivity index (χ0v) is 10.2. The van der Waals surface area contributed by atoms with E-state index in [0.29, 0.717) is 0 Å². The molecule has 0 aliphatic carbocycles. The van der Waals surface area contributed by atoms with Crippen LogP contribution in [0, 0.1) is 0 Å². The van der Waals surface area contributed by atoms with Gasteiger partial charge < -0.3 is 0 Å². The topological polar surface area (TPSA) is 0 Å². The minimum Gasteiger partial charge on any atom is -0.292 e. The van der Waals surface area contributed by atoms with Crippen molar-refractivity contribution in [2.45, 2.75) is 20.8 Å². The number of quaternary nitrogens is 1. The fourth-order valence-electron chi connectivity index (χ4n) is 2.15. The Labute approximate surface area is 93.6 Å². The highest BCUT2D eigenvalue weighted by Crippen LogP contribution is 2.23. The lowest BCUT2D eigenvalue weighted by atomic mass is 10.1. The zero-order chi connectivity index (χ0) is 11.3. The first-order valence-corrected chi connectivity index (χ1v) is 5.81. The fraction of sp³-hybridized carbons (Fsp3) is 0.429. The molecule has 1 rings (SSSR count). The molecule has 0 aliphatic rings. The molecule has 0 spiro atoms. The summed E-state index contributed by atoms with van der Waals surface area (Å²) in [5.41, 5.74) is 2.60. The molecular weight excluding hydrogens is 182 g/mol. The summed E-state index contributed by atoms with van der Waals surface area (Å²) in [6.07, 6.45) is 1.89. The molecule has 1 heteroatoms. The lowest BCUT2D eigenvalue weighted by Gasteiger charge is -2.35. The molecule has 0 N–H and O–H groups in total. The molecule has 0 radical (unpaired) electrons. The van der Waals surface area contributed by atoms with Crippen LogP contribution in [0.25, 0.3) is 6.08 Å². The van der Waals surface area contributed by atoms with E-state index in [1.807, 2.05) is 6.08 Å². The van der Waals surface area contributed by atoms with Crippen LogP contribution in [-0.2, 0) is 0 Å². The highest BCUT2D eigenvalue weighted by atomic mass is 15.3. The van der Waals surface area contributed by atoms with Gasteiger partial charge in [-0.25, -0.2) is 0 Å². The molecule has 0 heterocycles. The lowest BCUT2D eigenvalue weighted by Crippen LogP contribution is -2.48. The summed E-state index contributed by atoms with van der Waals surface area (Å²) in [5, 5.41) is 0. The number of hydrogen-bond acceptors (Lipinski definition) is 0. The third-order valence-electron chi connectivity index (χ3n) is 3.49. The summed E-state index contributed by atoms with van der Waals surface area (Å²) in [5.74, 6) is 0. The lowest BCUT2D eigenvalue weighted by molar-refractivity contribution is 0.316. The van der Waals surface area contributed by atoms with Gasteiger partial charge in [0, 0.05) is 0 Å². The first kappa shape index (κ1) is 12.0. The van der Waals surface area contributed by atoms with Gasteiger partial charge in [-0.2, -0.15) is 0 Å². The minimum atomic E-state index is 1.07. The van der Waals surface area contributed by atoms with Crippen molar-refractivity contribution in [2.24, 2.45) is 0 Å². The van der Waals surface area contributed by atoms with E-state index in [4.69, 9.17) is 0 Å². The maximum Gasteiger partial charge on any atom is 0.132 e. The Hall–Kier alpha value is -1.08. The Morgan fingerprint density at radius 1 is 1.00 bits per heavy atom. The van der Waals surface area contributed by atoms with Crippen LogP contribution < -0.4 is 4.48 Å². The molecule has 0 saturated heterocycles. The van der Waals surface area contributed by atoms with E-state index in [1.54, 1.807) is 0 Å². The molecule has 0 fully saturated rings. The van der Waals surface area contributed by atoms with E-state index < -0.39 is 0 Å². The van der Waals surface area contributed by atoms with Crippen LogP contribution in [-0.4, -0.2) is 19.6 Å². The zero-order valence-electron chi connectivity index (χ0n) is 10.2. The molecule has 0 aromatic heterocycles. The molecule has 0 amide bonds. The summed E-state index contributed by atoms with van der Waals surface area (Å²) in [6.45, 7) is 14.0. The van der Waals surface area contributed by atoms with Crippen molar-refractivity contribution in [3.05, 3.63) is 36.4 Å². The van der Waals surface area contributed by atoms with Crippen molar-refractivity contribution in [3.8, 4) is 0 Å². The summed E-state index contributed by atoms with van der Waals surface area (Å²) in [7, 11) is 0. The molecule has 0 atom stereocenters. The van der Waals surface area contributed by atoms with E-state index in [1.165, 1.54) is 11.3 Å². The number of rotatable bonds is 5. The van der Waals surface area contributed by atoms with E-state index in [9.17, 15) is 0 Å². The second-order valence-corrected chi connectivity index (χ2v) is 3.89. The van der Waals surface area contributed by atoms with Gasteiger partial charge in [-0.3, -0.25) is 4.48 Å². The van der Waals surface area contributed by atoms with Crippen molar-refractivity contribution in [3.63, 3.8) is 0 Å². The van der Waals surface area contributed by atoms with Gasteiger partial charge in [0.15, 0.2) is 0 Å². The summed E-state index contributed by atoms with van der Waals surface area (Å²) >= 11 is 0. The molecule has 15 heavy (non-hydrogen) atoms. The molecule has 0 aliphatic heterocycles. The first-order chi connectivity index (χ1) is 7.22. The van der Waals surface area contributed by atoms with Gasteiger partial charge in [0.25, 0.3) is 0 Å². The van der Waals surface area contributed by atoms with Gasteiger partial charge in [-0.15, -0.1) is 0 Å². The largest absolute Gasteiger partial charge is 0.292 e. The second-order valence-electron chi connectivity index (χ2n) is 3.89. The Morgan fingerprint density at radius 3 is 1.80 bits per heavy atom. The van der Waals surface area contributed by atoms with Gasteiger partial charge in [-0.05, 0) is 50.6 Å². The number of hydrogen-bond donors (Lipinski definition) is 0. The Bertz CT molecular complexity index is 298. The van der Waals surface area contributed by atoms with E-state index in [0.717, 1.165) is 24.1 Å². The summed E-state index contributed by atoms with van der Waals surface area (Å²) in [6, 6.07) is 8.76. The smallest absolute Gasteiger partial charge is 0.132 e. The van der Waals surface area contributed by atoms with Crippen molar-refractivity contribution in [1.29, 1.82) is 0 Å². The van der Waals surface area contributed by atoms with Gasteiger partial charge in [0.05, 0.1) is 19.6 Å². The maximum absolute atomic E-state index is 3.78.